The Labute approximate surface area is 135 Å². The summed E-state index contributed by atoms with van der Waals surface area (Å²) in [5.41, 5.74) is 1.97. The average Bonchev–Trinajstić information content (AvgIpc) is 2.55. The molecule has 2 rings (SSSR count). The molecule has 0 fully saturated rings. The zero-order chi connectivity index (χ0) is 17.0. The van der Waals surface area contributed by atoms with Gasteiger partial charge in [-0.15, -0.1) is 0 Å². The zero-order valence-corrected chi connectivity index (χ0v) is 13.5. The van der Waals surface area contributed by atoms with Crippen molar-refractivity contribution in [2.75, 3.05) is 6.54 Å². The minimum atomic E-state index is -0.375. The third-order valence-corrected chi connectivity index (χ3v) is 3.88. The standard InChI is InChI=1S/C18H19N3O2/c1-4-21(13(3)15-8-6-14(11-19)7-9-15)18(23)16-10-5-12(2)20-17(16)22/h5-10,13H,4H2,1-3H3,(H,20,22). The summed E-state index contributed by atoms with van der Waals surface area (Å²) < 4.78 is 0. The first kappa shape index (κ1) is 16.5. The molecule has 1 aromatic carbocycles. The van der Waals surface area contributed by atoms with Crippen LogP contribution in [-0.2, 0) is 0 Å². The quantitative estimate of drug-likeness (QED) is 0.943. The van der Waals surface area contributed by atoms with Gasteiger partial charge in [-0.3, -0.25) is 9.59 Å². The number of rotatable bonds is 4. The Bertz CT molecular complexity index is 800. The number of carbonyl (C=O) groups is 1. The maximum absolute atomic E-state index is 12.7. The van der Waals surface area contributed by atoms with Gasteiger partial charge in [0, 0.05) is 12.2 Å². The molecule has 1 amide bonds. The van der Waals surface area contributed by atoms with Crippen molar-refractivity contribution in [1.82, 2.24) is 9.88 Å². The van der Waals surface area contributed by atoms with Crippen LogP contribution in [0.3, 0.4) is 0 Å². The van der Waals surface area contributed by atoms with Crippen molar-refractivity contribution < 1.29 is 4.79 Å². The Morgan fingerprint density at radius 1 is 1.26 bits per heavy atom. The summed E-state index contributed by atoms with van der Waals surface area (Å²) in [5.74, 6) is -0.300. The van der Waals surface area contributed by atoms with E-state index in [9.17, 15) is 9.59 Å². The number of benzene rings is 1. The summed E-state index contributed by atoms with van der Waals surface area (Å²) >= 11 is 0. The van der Waals surface area contributed by atoms with Crippen molar-refractivity contribution in [2.24, 2.45) is 0 Å². The summed E-state index contributed by atoms with van der Waals surface area (Å²) in [6.45, 7) is 6.03. The first-order valence-corrected chi connectivity index (χ1v) is 7.49. The minimum Gasteiger partial charge on any atom is -0.332 e. The molecule has 0 aliphatic carbocycles. The van der Waals surface area contributed by atoms with Gasteiger partial charge in [-0.05, 0) is 50.6 Å². The van der Waals surface area contributed by atoms with E-state index in [4.69, 9.17) is 5.26 Å². The van der Waals surface area contributed by atoms with Crippen molar-refractivity contribution in [2.45, 2.75) is 26.8 Å². The molecule has 0 aliphatic rings. The van der Waals surface area contributed by atoms with Crippen molar-refractivity contribution in [3.8, 4) is 6.07 Å². The van der Waals surface area contributed by atoms with Crippen LogP contribution < -0.4 is 5.56 Å². The van der Waals surface area contributed by atoms with Gasteiger partial charge in [-0.1, -0.05) is 12.1 Å². The molecule has 0 spiro atoms. The Balaban J connectivity index is 2.32. The molecule has 0 saturated carbocycles. The van der Waals surface area contributed by atoms with Crippen LogP contribution in [0.2, 0.25) is 0 Å². The largest absolute Gasteiger partial charge is 0.332 e. The second kappa shape index (κ2) is 6.93. The first-order valence-electron chi connectivity index (χ1n) is 7.49. The molecule has 23 heavy (non-hydrogen) atoms. The molecule has 0 aliphatic heterocycles. The molecule has 0 radical (unpaired) electrons. The normalized spacial score (nSPS) is 11.6. The van der Waals surface area contributed by atoms with Gasteiger partial charge < -0.3 is 9.88 Å². The Hall–Kier alpha value is -2.87. The molecule has 0 bridgehead atoms. The third kappa shape index (κ3) is 3.49. The number of aromatic amines is 1. The van der Waals surface area contributed by atoms with E-state index in [1.54, 1.807) is 36.1 Å². The van der Waals surface area contributed by atoms with E-state index in [1.807, 2.05) is 26.0 Å². The van der Waals surface area contributed by atoms with Crippen LogP contribution in [0.25, 0.3) is 0 Å². The lowest BCUT2D eigenvalue weighted by Crippen LogP contribution is -2.36. The van der Waals surface area contributed by atoms with Crippen LogP contribution in [0.15, 0.2) is 41.2 Å². The molecule has 5 nitrogen and oxygen atoms in total. The van der Waals surface area contributed by atoms with Gasteiger partial charge in [-0.2, -0.15) is 5.26 Å². The lowest BCUT2D eigenvalue weighted by molar-refractivity contribution is 0.0700. The molecular formula is C18H19N3O2. The zero-order valence-electron chi connectivity index (χ0n) is 13.5. The molecule has 118 valence electrons. The topological polar surface area (TPSA) is 77.0 Å². The van der Waals surface area contributed by atoms with Crippen LogP contribution in [-0.4, -0.2) is 22.3 Å². The number of hydrogen-bond acceptors (Lipinski definition) is 3. The van der Waals surface area contributed by atoms with E-state index in [1.165, 1.54) is 0 Å². The smallest absolute Gasteiger partial charge is 0.260 e. The lowest BCUT2D eigenvalue weighted by atomic mass is 10.0. The number of nitriles is 1. The van der Waals surface area contributed by atoms with Crippen molar-refractivity contribution in [1.29, 1.82) is 5.26 Å². The van der Waals surface area contributed by atoms with E-state index >= 15 is 0 Å². The molecule has 1 N–H and O–H groups in total. The molecule has 5 heteroatoms. The number of carbonyl (C=O) groups excluding carboxylic acids is 1. The highest BCUT2D eigenvalue weighted by atomic mass is 16.2. The molecule has 1 aromatic heterocycles. The number of H-pyrrole nitrogens is 1. The van der Waals surface area contributed by atoms with Gasteiger partial charge in [0.2, 0.25) is 0 Å². The predicted molar refractivity (Wildman–Crippen MR) is 88.1 cm³/mol. The molecule has 1 unspecified atom stereocenters. The number of nitrogens with zero attached hydrogens (tertiary/aromatic N) is 2. The fraction of sp³-hybridized carbons (Fsp3) is 0.278. The minimum absolute atomic E-state index is 0.137. The monoisotopic (exact) mass is 309 g/mol. The second-order valence-corrected chi connectivity index (χ2v) is 5.39. The molecular weight excluding hydrogens is 290 g/mol. The fourth-order valence-electron chi connectivity index (χ4n) is 2.50. The highest BCUT2D eigenvalue weighted by Crippen LogP contribution is 2.22. The van der Waals surface area contributed by atoms with E-state index in [2.05, 4.69) is 11.1 Å². The Morgan fingerprint density at radius 2 is 1.91 bits per heavy atom. The number of aromatic nitrogens is 1. The number of hydrogen-bond donors (Lipinski definition) is 1. The summed E-state index contributed by atoms with van der Waals surface area (Å²) in [6, 6.07) is 12.3. The van der Waals surface area contributed by atoms with Crippen LogP contribution in [0, 0.1) is 18.3 Å². The number of aryl methyl sites for hydroxylation is 1. The molecule has 1 heterocycles. The van der Waals surface area contributed by atoms with Crippen LogP contribution >= 0.6 is 0 Å². The van der Waals surface area contributed by atoms with E-state index in [0.717, 1.165) is 11.3 Å². The summed E-state index contributed by atoms with van der Waals surface area (Å²) in [4.78, 5) is 29.0. The van der Waals surface area contributed by atoms with Crippen LogP contribution in [0.4, 0.5) is 0 Å². The van der Waals surface area contributed by atoms with Gasteiger partial charge in [-0.25, -0.2) is 0 Å². The van der Waals surface area contributed by atoms with E-state index < -0.39 is 0 Å². The summed E-state index contributed by atoms with van der Waals surface area (Å²) in [5, 5.41) is 8.86. The Morgan fingerprint density at radius 3 is 2.43 bits per heavy atom. The Kier molecular flexibility index (Phi) is 4.97. The third-order valence-electron chi connectivity index (χ3n) is 3.88. The summed E-state index contributed by atoms with van der Waals surface area (Å²) in [7, 11) is 0. The van der Waals surface area contributed by atoms with E-state index in [0.29, 0.717) is 12.1 Å². The maximum Gasteiger partial charge on any atom is 0.260 e. The molecule has 1 atom stereocenters. The molecule has 0 saturated heterocycles. The van der Waals surface area contributed by atoms with Gasteiger partial charge >= 0.3 is 0 Å². The van der Waals surface area contributed by atoms with Crippen LogP contribution in [0.1, 0.15) is 47.1 Å². The van der Waals surface area contributed by atoms with Gasteiger partial charge in [0.15, 0.2) is 0 Å². The SMILES string of the molecule is CCN(C(=O)c1ccc(C)[nH]c1=O)C(C)c1ccc(C#N)cc1. The second-order valence-electron chi connectivity index (χ2n) is 5.39. The summed E-state index contributed by atoms with van der Waals surface area (Å²) in [6.07, 6.45) is 0. The fourth-order valence-corrected chi connectivity index (χ4v) is 2.50. The maximum atomic E-state index is 12.7. The highest BCUT2D eigenvalue weighted by molar-refractivity contribution is 5.94. The average molecular weight is 309 g/mol. The highest BCUT2D eigenvalue weighted by Gasteiger charge is 2.23. The van der Waals surface area contributed by atoms with E-state index in [-0.39, 0.29) is 23.1 Å². The van der Waals surface area contributed by atoms with Crippen molar-refractivity contribution in [3.63, 3.8) is 0 Å². The van der Waals surface area contributed by atoms with Gasteiger partial charge in [0.1, 0.15) is 5.56 Å². The first-order chi connectivity index (χ1) is 11.0. The predicted octanol–water partition coefficient (Wildman–Crippen LogP) is 2.78. The van der Waals surface area contributed by atoms with Gasteiger partial charge in [0.05, 0.1) is 17.7 Å². The van der Waals surface area contributed by atoms with Gasteiger partial charge in [0.25, 0.3) is 11.5 Å². The number of pyridine rings is 1. The number of nitrogens with one attached hydrogen (secondary N) is 1. The van der Waals surface area contributed by atoms with Crippen molar-refractivity contribution >= 4 is 5.91 Å². The lowest BCUT2D eigenvalue weighted by Gasteiger charge is -2.28. The van der Waals surface area contributed by atoms with Crippen LogP contribution in [0.5, 0.6) is 0 Å². The number of amides is 1. The van der Waals surface area contributed by atoms with Crippen molar-refractivity contribution in [3.05, 3.63) is 69.1 Å². The molecule has 2 aromatic rings.